The number of nitrogens with zero attached hydrogens (tertiary/aromatic N) is 6. The van der Waals surface area contributed by atoms with Crippen molar-refractivity contribution in [3.8, 4) is 57.1 Å². The quantitative estimate of drug-likeness (QED) is 0.167. The minimum absolute atomic E-state index is 0.0829. The number of aromatic nitrogens is 4. The third-order valence-corrected chi connectivity index (χ3v) is 15.6. The molecular weight excluding hydrogens is 970 g/mol. The van der Waals surface area contributed by atoms with E-state index in [-0.39, 0.29) is 16.7 Å². The van der Waals surface area contributed by atoms with E-state index in [0.29, 0.717) is 22.4 Å². The first kappa shape index (κ1) is 44.8. The van der Waals surface area contributed by atoms with E-state index in [4.69, 9.17) is 0 Å². The maximum Gasteiger partial charge on any atom is 0.417 e. The van der Waals surface area contributed by atoms with E-state index in [9.17, 15) is 10.5 Å². The normalized spacial score (nSPS) is 12.0. The summed E-state index contributed by atoms with van der Waals surface area (Å²) in [6.07, 6.45) is -4.78. The van der Waals surface area contributed by atoms with Crippen LogP contribution in [-0.2, 0) is 6.18 Å². The van der Waals surface area contributed by atoms with Crippen molar-refractivity contribution in [2.45, 2.75) is 6.18 Å². The highest BCUT2D eigenvalue weighted by atomic mass is 19.4. The number of rotatable bonds is 6. The van der Waals surface area contributed by atoms with Crippen LogP contribution in [0.5, 0.6) is 0 Å². The molecule has 0 amide bonds. The Morgan fingerprint density at radius 3 is 1.37 bits per heavy atom. The van der Waals surface area contributed by atoms with Crippen molar-refractivity contribution in [1.29, 1.82) is 10.5 Å². The molecule has 15 aromatic rings. The van der Waals surface area contributed by atoms with Crippen LogP contribution in [0.25, 0.3) is 132 Å². The molecule has 0 unspecified atom stereocenters. The van der Waals surface area contributed by atoms with Crippen LogP contribution in [0.1, 0.15) is 16.7 Å². The maximum atomic E-state index is 15.2. The fourth-order valence-corrected chi connectivity index (χ4v) is 12.5. The largest absolute Gasteiger partial charge is 0.417 e. The van der Waals surface area contributed by atoms with Gasteiger partial charge in [0.15, 0.2) is 0 Å². The summed E-state index contributed by atoms with van der Waals surface area (Å²) < 4.78 is 54.6. The number of hydrogen-bond donors (Lipinski definition) is 0. The summed E-state index contributed by atoms with van der Waals surface area (Å²) in [4.78, 5) is 0. The average Bonchev–Trinajstić information content (AvgIpc) is 3.27. The van der Waals surface area contributed by atoms with E-state index >= 15 is 13.2 Å². The van der Waals surface area contributed by atoms with Gasteiger partial charge in [-0.1, -0.05) is 133 Å². The minimum atomic E-state index is -4.78. The molecule has 9 heteroatoms. The number of halogens is 3. The average molecular weight is 1010 g/mol. The fourth-order valence-electron chi connectivity index (χ4n) is 12.5. The van der Waals surface area contributed by atoms with Crippen molar-refractivity contribution in [2.75, 3.05) is 0 Å². The van der Waals surface area contributed by atoms with Crippen LogP contribution in [0.4, 0.5) is 13.2 Å². The Labute approximate surface area is 443 Å². The van der Waals surface area contributed by atoms with Crippen LogP contribution in [0.2, 0.25) is 0 Å². The highest BCUT2D eigenvalue weighted by molar-refractivity contribution is 6.28. The number of benzene rings is 11. The lowest BCUT2D eigenvalue weighted by Crippen LogP contribution is -2.08. The molecule has 15 rings (SSSR count). The van der Waals surface area contributed by atoms with Gasteiger partial charge in [-0.2, -0.15) is 23.7 Å². The van der Waals surface area contributed by atoms with Gasteiger partial charge in [-0.25, -0.2) is 0 Å². The predicted molar refractivity (Wildman–Crippen MR) is 309 cm³/mol. The first-order chi connectivity index (χ1) is 38.3. The van der Waals surface area contributed by atoms with E-state index in [0.717, 1.165) is 110 Å². The van der Waals surface area contributed by atoms with Crippen LogP contribution < -0.4 is 0 Å². The summed E-state index contributed by atoms with van der Waals surface area (Å²) in [6, 6.07) is 82.0. The standard InChI is InChI=1S/C69H39F3N6/c70-69(71,72)57-37-42(40-73)27-31-48(57)43-29-34-62(78-61-26-14-10-22-54(61)66-64(78)36-33-52-50-20-8-12-24-59(50)77(68(52)66)46-17-5-2-6-18-46)56(38-43)55-39-47(30-28-44(55)41-74)75-60-25-13-9-21-53(60)65-63(75)35-32-51-49-19-7-11-23-58(49)76(67(51)65)45-15-3-1-4-16-45/h1-39H. The van der Waals surface area contributed by atoms with Gasteiger partial charge in [0.25, 0.3) is 0 Å². The van der Waals surface area contributed by atoms with E-state index < -0.39 is 11.7 Å². The van der Waals surface area contributed by atoms with Gasteiger partial charge in [0.2, 0.25) is 0 Å². The van der Waals surface area contributed by atoms with Crippen LogP contribution in [0.15, 0.2) is 237 Å². The second-order valence-electron chi connectivity index (χ2n) is 19.7. The fraction of sp³-hybridized carbons (Fsp3) is 0.0145. The number of para-hydroxylation sites is 6. The Morgan fingerprint density at radius 2 is 0.833 bits per heavy atom. The molecule has 0 aliphatic heterocycles. The molecule has 366 valence electrons. The molecule has 0 saturated heterocycles. The SMILES string of the molecule is N#Cc1ccc(-c2ccc(-n3c4ccccc4c4c3ccc3c5ccccc5n(-c5ccccc5)c34)c(-c3cc(-n4c5ccccc5c5c4ccc4c6ccccc6n(-c6ccccc6)c45)ccc3C#N)c2)c(C(F)(F)F)c1. The summed E-state index contributed by atoms with van der Waals surface area (Å²) in [6.45, 7) is 0. The molecule has 0 aliphatic carbocycles. The number of alkyl halides is 3. The number of hydrogen-bond acceptors (Lipinski definition) is 2. The molecule has 0 aliphatic rings. The molecule has 0 saturated carbocycles. The van der Waals surface area contributed by atoms with Crippen LogP contribution in [0.3, 0.4) is 0 Å². The first-order valence-electron chi connectivity index (χ1n) is 25.6. The molecule has 78 heavy (non-hydrogen) atoms. The highest BCUT2D eigenvalue weighted by Gasteiger charge is 2.35. The number of nitriles is 2. The third-order valence-electron chi connectivity index (χ3n) is 15.6. The molecule has 6 nitrogen and oxygen atoms in total. The number of fused-ring (bicyclic) bond motifs is 14. The topological polar surface area (TPSA) is 67.3 Å². The van der Waals surface area contributed by atoms with Crippen molar-refractivity contribution in [3.63, 3.8) is 0 Å². The van der Waals surface area contributed by atoms with Gasteiger partial charge >= 0.3 is 6.18 Å². The van der Waals surface area contributed by atoms with Gasteiger partial charge < -0.3 is 18.3 Å². The van der Waals surface area contributed by atoms with Crippen LogP contribution in [-0.4, -0.2) is 18.3 Å². The first-order valence-corrected chi connectivity index (χ1v) is 25.6. The Morgan fingerprint density at radius 1 is 0.333 bits per heavy atom. The van der Waals surface area contributed by atoms with E-state index in [1.165, 1.54) is 12.1 Å². The smallest absolute Gasteiger partial charge is 0.309 e. The lowest BCUT2D eigenvalue weighted by molar-refractivity contribution is -0.137. The van der Waals surface area contributed by atoms with Gasteiger partial charge in [-0.15, -0.1) is 0 Å². The van der Waals surface area contributed by atoms with E-state index in [1.54, 1.807) is 12.1 Å². The van der Waals surface area contributed by atoms with Crippen molar-refractivity contribution < 1.29 is 13.2 Å². The van der Waals surface area contributed by atoms with Crippen molar-refractivity contribution >= 4 is 87.2 Å². The maximum absolute atomic E-state index is 15.2. The van der Waals surface area contributed by atoms with Gasteiger partial charge in [-0.05, 0) is 114 Å². The predicted octanol–water partition coefficient (Wildman–Crippen LogP) is 18.2. The second kappa shape index (κ2) is 17.0. The molecule has 0 spiro atoms. The minimum Gasteiger partial charge on any atom is -0.309 e. The zero-order valence-electron chi connectivity index (χ0n) is 41.3. The lowest BCUT2D eigenvalue weighted by atomic mass is 9.91. The zero-order chi connectivity index (χ0) is 52.4. The molecule has 11 aromatic carbocycles. The zero-order valence-corrected chi connectivity index (χ0v) is 41.3. The Kier molecular flexibility index (Phi) is 9.75. The Bertz CT molecular complexity index is 5100. The molecule has 4 aromatic heterocycles. The molecule has 0 bridgehead atoms. The third kappa shape index (κ3) is 6.49. The molecule has 4 heterocycles. The van der Waals surface area contributed by atoms with Gasteiger partial charge in [0, 0.05) is 71.3 Å². The van der Waals surface area contributed by atoms with E-state index in [1.807, 2.05) is 72.8 Å². The molecule has 0 atom stereocenters. The Balaban J connectivity index is 1.05. The van der Waals surface area contributed by atoms with Gasteiger partial charge in [0.1, 0.15) is 0 Å². The second-order valence-corrected chi connectivity index (χ2v) is 19.7. The van der Waals surface area contributed by atoms with E-state index in [2.05, 4.69) is 164 Å². The lowest BCUT2D eigenvalue weighted by Gasteiger charge is -2.20. The van der Waals surface area contributed by atoms with Crippen LogP contribution >= 0.6 is 0 Å². The Hall–Kier alpha value is -10.6. The highest BCUT2D eigenvalue weighted by Crippen LogP contribution is 2.47. The summed E-state index contributed by atoms with van der Waals surface area (Å²) >= 11 is 0. The molecule has 0 N–H and O–H groups in total. The summed E-state index contributed by atoms with van der Waals surface area (Å²) in [5.74, 6) is 0. The van der Waals surface area contributed by atoms with Gasteiger partial charge in [0.05, 0.1) is 78.6 Å². The summed E-state index contributed by atoms with van der Waals surface area (Å²) in [5, 5.41) is 29.5. The van der Waals surface area contributed by atoms with Crippen LogP contribution in [0, 0.1) is 22.7 Å². The molecule has 0 fully saturated rings. The molecular formula is C69H39F3N6. The van der Waals surface area contributed by atoms with Gasteiger partial charge in [-0.3, -0.25) is 0 Å². The van der Waals surface area contributed by atoms with Crippen molar-refractivity contribution in [2.24, 2.45) is 0 Å². The van der Waals surface area contributed by atoms with Crippen molar-refractivity contribution in [1.82, 2.24) is 18.3 Å². The molecule has 0 radical (unpaired) electrons. The monoisotopic (exact) mass is 1010 g/mol. The summed E-state index contributed by atoms with van der Waals surface area (Å²) in [5.41, 5.74) is 11.9. The van der Waals surface area contributed by atoms with Crippen molar-refractivity contribution in [3.05, 3.63) is 253 Å². The summed E-state index contributed by atoms with van der Waals surface area (Å²) in [7, 11) is 0.